The Bertz CT molecular complexity index is 1460. The Kier molecular flexibility index (Phi) is 7.28. The Labute approximate surface area is 224 Å². The highest BCUT2D eigenvalue weighted by Gasteiger charge is 2.40. The molecule has 0 unspecified atom stereocenters. The van der Waals surface area contributed by atoms with Crippen molar-refractivity contribution in [2.45, 2.75) is 63.5 Å². The van der Waals surface area contributed by atoms with Crippen LogP contribution in [0.4, 0.5) is 8.78 Å². The van der Waals surface area contributed by atoms with E-state index in [1.807, 2.05) is 0 Å². The van der Waals surface area contributed by atoms with E-state index in [2.05, 4.69) is 15.5 Å². The van der Waals surface area contributed by atoms with Crippen LogP contribution >= 0.6 is 0 Å². The van der Waals surface area contributed by atoms with Crippen LogP contribution in [0.1, 0.15) is 78.2 Å². The van der Waals surface area contributed by atoms with Gasteiger partial charge >= 0.3 is 0 Å². The Morgan fingerprint density at radius 3 is 2.74 bits per heavy atom. The van der Waals surface area contributed by atoms with E-state index in [4.69, 9.17) is 5.11 Å². The number of rotatable bonds is 7. The van der Waals surface area contributed by atoms with Crippen LogP contribution in [-0.2, 0) is 17.1 Å². The number of hydrogen-bond donors (Lipinski definition) is 3. The lowest BCUT2D eigenvalue weighted by Crippen LogP contribution is -2.38. The fourth-order valence-electron chi connectivity index (χ4n) is 6.07. The van der Waals surface area contributed by atoms with Crippen LogP contribution in [-0.4, -0.2) is 56.8 Å². The molecule has 5 rings (SSSR count). The standard InChI is InChI=1S/C28H33F2N5O4/c1-16(19-4-3-5-23-20(19)10-11-28(23,29)30)32-25(37)22-15-35(27(39)21-14-31-33-24(21)22)18-8-6-17(7-9-18)26(38)34(2)12-13-36/h3-5,14-18,36H,6-13H2,1-2H3,(H,31,33)(H,32,37)/t16-,17-,18+/m1/s1. The average molecular weight is 542 g/mol. The first-order valence-electron chi connectivity index (χ1n) is 13.4. The van der Waals surface area contributed by atoms with Crippen molar-refractivity contribution in [3.63, 3.8) is 0 Å². The van der Waals surface area contributed by atoms with Crippen molar-refractivity contribution in [1.29, 1.82) is 0 Å². The summed E-state index contributed by atoms with van der Waals surface area (Å²) in [4.78, 5) is 41.0. The molecule has 3 N–H and O–H groups in total. The van der Waals surface area contributed by atoms with Crippen molar-refractivity contribution in [2.75, 3.05) is 20.2 Å². The number of H-pyrrole nitrogens is 1. The number of aromatic amines is 1. The molecule has 1 atom stereocenters. The monoisotopic (exact) mass is 541 g/mol. The average Bonchev–Trinajstić information content (AvgIpc) is 3.54. The summed E-state index contributed by atoms with van der Waals surface area (Å²) >= 11 is 0. The number of carbonyl (C=O) groups excluding carboxylic acids is 2. The Morgan fingerprint density at radius 1 is 1.28 bits per heavy atom. The predicted octanol–water partition coefficient (Wildman–Crippen LogP) is 3.44. The minimum atomic E-state index is -2.87. The number of nitrogens with one attached hydrogen (secondary N) is 2. The van der Waals surface area contributed by atoms with Crippen molar-refractivity contribution in [2.24, 2.45) is 5.92 Å². The zero-order valence-electron chi connectivity index (χ0n) is 22.0. The van der Waals surface area contributed by atoms with E-state index in [9.17, 15) is 23.2 Å². The molecule has 0 spiro atoms. The van der Waals surface area contributed by atoms with Gasteiger partial charge in [-0.1, -0.05) is 18.2 Å². The third kappa shape index (κ3) is 4.95. The number of benzene rings is 1. The Morgan fingerprint density at radius 2 is 2.03 bits per heavy atom. The van der Waals surface area contributed by atoms with E-state index in [0.29, 0.717) is 36.8 Å². The quantitative estimate of drug-likeness (QED) is 0.423. The van der Waals surface area contributed by atoms with Gasteiger partial charge in [-0.2, -0.15) is 5.10 Å². The summed E-state index contributed by atoms with van der Waals surface area (Å²) in [5, 5.41) is 19.2. The van der Waals surface area contributed by atoms with Crippen LogP contribution in [0, 0.1) is 5.92 Å². The number of amides is 2. The van der Waals surface area contributed by atoms with E-state index in [1.165, 1.54) is 23.4 Å². The summed E-state index contributed by atoms with van der Waals surface area (Å²) in [5.41, 5.74) is 1.44. The number of fused-ring (bicyclic) bond motifs is 2. The molecule has 2 aromatic heterocycles. The number of hydrogen-bond acceptors (Lipinski definition) is 5. The third-order valence-electron chi connectivity index (χ3n) is 8.23. The lowest BCUT2D eigenvalue weighted by molar-refractivity contribution is -0.135. The Balaban J connectivity index is 1.38. The van der Waals surface area contributed by atoms with Gasteiger partial charge in [0.15, 0.2) is 0 Å². The fourth-order valence-corrected chi connectivity index (χ4v) is 6.07. The molecule has 9 nitrogen and oxygen atoms in total. The number of carbonyl (C=O) groups is 2. The van der Waals surface area contributed by atoms with E-state index in [-0.39, 0.29) is 71.4 Å². The zero-order valence-corrected chi connectivity index (χ0v) is 22.0. The summed E-state index contributed by atoms with van der Waals surface area (Å²) in [7, 11) is 1.67. The van der Waals surface area contributed by atoms with Crippen molar-refractivity contribution in [1.82, 2.24) is 25.0 Å². The number of halogens is 2. The maximum atomic E-state index is 14.3. The normalized spacial score (nSPS) is 20.9. The lowest BCUT2D eigenvalue weighted by atomic mass is 9.85. The third-order valence-corrected chi connectivity index (χ3v) is 8.23. The number of aromatic nitrogens is 3. The lowest BCUT2D eigenvalue weighted by Gasteiger charge is -2.31. The molecular formula is C28H33F2N5O4. The number of likely N-dealkylation sites (N-methyl/N-ethyl adjacent to an activating group) is 1. The summed E-state index contributed by atoms with van der Waals surface area (Å²) in [6, 6.07) is 4.07. The molecule has 2 aliphatic rings. The number of aliphatic hydroxyl groups excluding tert-OH is 1. The highest BCUT2D eigenvalue weighted by atomic mass is 19.3. The predicted molar refractivity (Wildman–Crippen MR) is 141 cm³/mol. The van der Waals surface area contributed by atoms with Crippen LogP contribution in [0.15, 0.2) is 35.4 Å². The van der Waals surface area contributed by atoms with Gasteiger partial charge in [-0.3, -0.25) is 19.5 Å². The second-order valence-corrected chi connectivity index (χ2v) is 10.7. The molecule has 39 heavy (non-hydrogen) atoms. The molecule has 1 aromatic carbocycles. The minimum Gasteiger partial charge on any atom is -0.395 e. The van der Waals surface area contributed by atoms with Gasteiger partial charge in [0.05, 0.1) is 23.6 Å². The van der Waals surface area contributed by atoms with E-state index >= 15 is 0 Å². The highest BCUT2D eigenvalue weighted by molar-refractivity contribution is 6.05. The zero-order chi connectivity index (χ0) is 27.9. The molecule has 0 aliphatic heterocycles. The van der Waals surface area contributed by atoms with Crippen molar-refractivity contribution in [3.05, 3.63) is 63.2 Å². The molecule has 2 aliphatic carbocycles. The minimum absolute atomic E-state index is 0.0145. The van der Waals surface area contributed by atoms with Gasteiger partial charge < -0.3 is 19.9 Å². The molecule has 208 valence electrons. The molecule has 11 heteroatoms. The van der Waals surface area contributed by atoms with Gasteiger partial charge in [0.1, 0.15) is 5.52 Å². The highest BCUT2D eigenvalue weighted by Crippen LogP contribution is 2.43. The largest absolute Gasteiger partial charge is 0.395 e. The summed E-state index contributed by atoms with van der Waals surface area (Å²) in [6.45, 7) is 1.94. The fraction of sp³-hybridized carbons (Fsp3) is 0.500. The maximum absolute atomic E-state index is 14.3. The number of aliphatic hydroxyl groups is 1. The molecular weight excluding hydrogens is 508 g/mol. The van der Waals surface area contributed by atoms with Crippen LogP contribution in [0.2, 0.25) is 0 Å². The van der Waals surface area contributed by atoms with Gasteiger partial charge in [-0.05, 0) is 50.2 Å². The molecule has 3 aromatic rings. The molecule has 0 saturated heterocycles. The molecule has 2 amide bonds. The maximum Gasteiger partial charge on any atom is 0.273 e. The first kappa shape index (κ1) is 27.0. The first-order chi connectivity index (χ1) is 18.6. The van der Waals surface area contributed by atoms with E-state index in [0.717, 1.165) is 0 Å². The Hall–Kier alpha value is -3.60. The molecule has 1 fully saturated rings. The summed E-state index contributed by atoms with van der Waals surface area (Å²) in [6.07, 6.45) is 5.37. The molecule has 0 bridgehead atoms. The van der Waals surface area contributed by atoms with Gasteiger partial charge in [0.25, 0.3) is 17.4 Å². The SMILES string of the molecule is C[C@@H](NC(=O)c1cn([C@H]2CC[C@@H](C(=O)N(C)CCO)CC2)c(=O)c2c[nH]nc12)c1cccc2c1CCC2(F)F. The van der Waals surface area contributed by atoms with Crippen LogP contribution in [0.5, 0.6) is 0 Å². The van der Waals surface area contributed by atoms with E-state index < -0.39 is 17.9 Å². The molecule has 0 radical (unpaired) electrons. The smallest absolute Gasteiger partial charge is 0.273 e. The molecule has 2 heterocycles. The van der Waals surface area contributed by atoms with Crippen LogP contribution in [0.3, 0.4) is 0 Å². The van der Waals surface area contributed by atoms with Crippen molar-refractivity contribution < 1.29 is 23.5 Å². The van der Waals surface area contributed by atoms with Crippen LogP contribution < -0.4 is 10.9 Å². The van der Waals surface area contributed by atoms with Gasteiger partial charge in [-0.15, -0.1) is 0 Å². The van der Waals surface area contributed by atoms with Gasteiger partial charge in [0.2, 0.25) is 5.91 Å². The topological polar surface area (TPSA) is 120 Å². The number of pyridine rings is 1. The van der Waals surface area contributed by atoms with Gasteiger partial charge in [-0.25, -0.2) is 8.78 Å². The van der Waals surface area contributed by atoms with Gasteiger partial charge in [0, 0.05) is 49.9 Å². The van der Waals surface area contributed by atoms with Crippen molar-refractivity contribution in [3.8, 4) is 0 Å². The van der Waals surface area contributed by atoms with E-state index in [1.54, 1.807) is 30.7 Å². The second kappa shape index (κ2) is 10.5. The van der Waals surface area contributed by atoms with Crippen LogP contribution in [0.25, 0.3) is 10.9 Å². The molecule has 1 saturated carbocycles. The summed E-state index contributed by atoms with van der Waals surface area (Å²) < 4.78 is 30.1. The first-order valence-corrected chi connectivity index (χ1v) is 13.4. The second-order valence-electron chi connectivity index (χ2n) is 10.7. The van der Waals surface area contributed by atoms with Crippen molar-refractivity contribution >= 4 is 22.7 Å². The number of alkyl halides is 2. The number of nitrogens with zero attached hydrogens (tertiary/aromatic N) is 3. The summed E-state index contributed by atoms with van der Waals surface area (Å²) in [5.74, 6) is -3.51.